The number of carbonyl (C=O) groups is 1. The Labute approximate surface area is 79.6 Å². The molecule has 1 rings (SSSR count). The van der Waals surface area contributed by atoms with Gasteiger partial charge in [0.15, 0.2) is 0 Å². The smallest absolute Gasteiger partial charge is 0.239 e. The van der Waals surface area contributed by atoms with Gasteiger partial charge in [-0.05, 0) is 33.7 Å². The van der Waals surface area contributed by atoms with Gasteiger partial charge in [-0.3, -0.25) is 4.79 Å². The largest absolute Gasteiger partial charge is 0.351 e. The second-order valence-electron chi connectivity index (χ2n) is 3.99. The van der Waals surface area contributed by atoms with Gasteiger partial charge in [0.05, 0.1) is 5.54 Å². The van der Waals surface area contributed by atoms with Crippen molar-refractivity contribution < 1.29 is 4.79 Å². The average molecular weight is 182 g/mol. The fourth-order valence-electron chi connectivity index (χ4n) is 1.21. The minimum atomic E-state index is -0.470. The molecule has 0 bridgehead atoms. The van der Waals surface area contributed by atoms with Gasteiger partial charge in [0.1, 0.15) is 0 Å². The third-order valence-corrected chi connectivity index (χ3v) is 2.54. The van der Waals surface area contributed by atoms with Crippen LogP contribution in [0.4, 0.5) is 0 Å². The SMILES string of the molecule is CNC(C)(C)C(=O)NC1CC=CC1. The molecular formula is C10H18N2O. The van der Waals surface area contributed by atoms with E-state index in [-0.39, 0.29) is 5.91 Å². The molecule has 0 unspecified atom stereocenters. The van der Waals surface area contributed by atoms with E-state index in [0.29, 0.717) is 6.04 Å². The van der Waals surface area contributed by atoms with Crippen LogP contribution in [0.1, 0.15) is 26.7 Å². The molecule has 0 aromatic rings. The summed E-state index contributed by atoms with van der Waals surface area (Å²) in [5, 5.41) is 5.99. The molecule has 1 amide bonds. The zero-order chi connectivity index (χ0) is 9.90. The molecule has 1 aliphatic carbocycles. The fourth-order valence-corrected chi connectivity index (χ4v) is 1.21. The van der Waals surface area contributed by atoms with E-state index >= 15 is 0 Å². The number of amides is 1. The fraction of sp³-hybridized carbons (Fsp3) is 0.700. The lowest BCUT2D eigenvalue weighted by atomic mass is 10.0. The van der Waals surface area contributed by atoms with Crippen LogP contribution in [0.2, 0.25) is 0 Å². The van der Waals surface area contributed by atoms with Crippen molar-refractivity contribution in [1.82, 2.24) is 10.6 Å². The lowest BCUT2D eigenvalue weighted by Gasteiger charge is -2.25. The van der Waals surface area contributed by atoms with Crippen molar-refractivity contribution in [3.8, 4) is 0 Å². The van der Waals surface area contributed by atoms with E-state index in [9.17, 15) is 4.79 Å². The summed E-state index contributed by atoms with van der Waals surface area (Å²) in [6.45, 7) is 3.76. The third-order valence-electron chi connectivity index (χ3n) is 2.54. The molecule has 0 fully saturated rings. The van der Waals surface area contributed by atoms with Crippen molar-refractivity contribution in [2.75, 3.05) is 7.05 Å². The highest BCUT2D eigenvalue weighted by Crippen LogP contribution is 2.11. The van der Waals surface area contributed by atoms with E-state index in [1.165, 1.54) is 0 Å². The molecule has 3 nitrogen and oxygen atoms in total. The lowest BCUT2D eigenvalue weighted by molar-refractivity contribution is -0.126. The Kier molecular flexibility index (Phi) is 3.09. The number of carbonyl (C=O) groups excluding carboxylic acids is 1. The van der Waals surface area contributed by atoms with Crippen LogP contribution in [-0.4, -0.2) is 24.5 Å². The Balaban J connectivity index is 2.40. The first kappa shape index (κ1) is 10.3. The summed E-state index contributed by atoms with van der Waals surface area (Å²) in [7, 11) is 1.80. The Hall–Kier alpha value is -0.830. The summed E-state index contributed by atoms with van der Waals surface area (Å²) in [6.07, 6.45) is 6.14. The van der Waals surface area contributed by atoms with Crippen LogP contribution in [0.5, 0.6) is 0 Å². The first-order chi connectivity index (χ1) is 6.06. The van der Waals surface area contributed by atoms with E-state index in [0.717, 1.165) is 12.8 Å². The maximum Gasteiger partial charge on any atom is 0.239 e. The predicted molar refractivity (Wildman–Crippen MR) is 53.4 cm³/mol. The van der Waals surface area contributed by atoms with Crippen molar-refractivity contribution in [2.24, 2.45) is 0 Å². The minimum absolute atomic E-state index is 0.0729. The van der Waals surface area contributed by atoms with Gasteiger partial charge in [-0.25, -0.2) is 0 Å². The van der Waals surface area contributed by atoms with Crippen molar-refractivity contribution >= 4 is 5.91 Å². The van der Waals surface area contributed by atoms with Crippen molar-refractivity contribution in [3.05, 3.63) is 12.2 Å². The highest BCUT2D eigenvalue weighted by molar-refractivity contribution is 5.85. The molecule has 0 atom stereocenters. The number of hydrogen-bond acceptors (Lipinski definition) is 2. The van der Waals surface area contributed by atoms with Gasteiger partial charge < -0.3 is 10.6 Å². The summed E-state index contributed by atoms with van der Waals surface area (Å²) < 4.78 is 0. The van der Waals surface area contributed by atoms with Crippen LogP contribution in [0.25, 0.3) is 0 Å². The molecular weight excluding hydrogens is 164 g/mol. The first-order valence-electron chi connectivity index (χ1n) is 4.71. The molecule has 0 saturated carbocycles. The van der Waals surface area contributed by atoms with E-state index < -0.39 is 5.54 Å². The lowest BCUT2D eigenvalue weighted by Crippen LogP contribution is -2.53. The molecule has 13 heavy (non-hydrogen) atoms. The topological polar surface area (TPSA) is 41.1 Å². The van der Waals surface area contributed by atoms with Crippen LogP contribution in [0.3, 0.4) is 0 Å². The van der Waals surface area contributed by atoms with E-state index in [2.05, 4.69) is 22.8 Å². The number of hydrogen-bond donors (Lipinski definition) is 2. The molecule has 0 spiro atoms. The third kappa shape index (κ3) is 2.56. The summed E-state index contributed by atoms with van der Waals surface area (Å²) in [5.74, 6) is 0.0729. The van der Waals surface area contributed by atoms with Gasteiger partial charge in [-0.1, -0.05) is 12.2 Å². The molecule has 0 saturated heterocycles. The highest BCUT2D eigenvalue weighted by atomic mass is 16.2. The van der Waals surface area contributed by atoms with Gasteiger partial charge in [-0.2, -0.15) is 0 Å². The van der Waals surface area contributed by atoms with Gasteiger partial charge in [0, 0.05) is 6.04 Å². The quantitative estimate of drug-likeness (QED) is 0.634. The minimum Gasteiger partial charge on any atom is -0.351 e. The Morgan fingerprint density at radius 1 is 1.38 bits per heavy atom. The van der Waals surface area contributed by atoms with Crippen LogP contribution in [0.15, 0.2) is 12.2 Å². The molecule has 3 heteroatoms. The summed E-state index contributed by atoms with van der Waals surface area (Å²) in [5.41, 5.74) is -0.470. The zero-order valence-electron chi connectivity index (χ0n) is 8.55. The highest BCUT2D eigenvalue weighted by Gasteiger charge is 2.27. The molecule has 74 valence electrons. The Morgan fingerprint density at radius 3 is 2.38 bits per heavy atom. The van der Waals surface area contributed by atoms with Gasteiger partial charge >= 0.3 is 0 Å². The standard InChI is InChI=1S/C10H18N2O/c1-10(2,11-3)9(13)12-8-6-4-5-7-8/h4-5,8,11H,6-7H2,1-3H3,(H,12,13). The maximum absolute atomic E-state index is 11.7. The summed E-state index contributed by atoms with van der Waals surface area (Å²) >= 11 is 0. The van der Waals surface area contributed by atoms with Gasteiger partial charge in [0.2, 0.25) is 5.91 Å². The van der Waals surface area contributed by atoms with Crippen LogP contribution in [0, 0.1) is 0 Å². The molecule has 1 aliphatic rings. The molecule has 2 N–H and O–H groups in total. The maximum atomic E-state index is 11.7. The van der Waals surface area contributed by atoms with E-state index in [1.807, 2.05) is 13.8 Å². The molecule has 0 radical (unpaired) electrons. The number of nitrogens with one attached hydrogen (secondary N) is 2. The Bertz CT molecular complexity index is 213. The summed E-state index contributed by atoms with van der Waals surface area (Å²) in [4.78, 5) is 11.7. The van der Waals surface area contributed by atoms with Crippen LogP contribution < -0.4 is 10.6 Å². The van der Waals surface area contributed by atoms with Gasteiger partial charge in [0.25, 0.3) is 0 Å². The zero-order valence-corrected chi connectivity index (χ0v) is 8.55. The molecule has 0 aromatic heterocycles. The second kappa shape index (κ2) is 3.92. The Morgan fingerprint density at radius 2 is 1.92 bits per heavy atom. The van der Waals surface area contributed by atoms with Gasteiger partial charge in [-0.15, -0.1) is 0 Å². The van der Waals surface area contributed by atoms with E-state index in [4.69, 9.17) is 0 Å². The number of likely N-dealkylation sites (N-methyl/N-ethyl adjacent to an activating group) is 1. The first-order valence-corrected chi connectivity index (χ1v) is 4.71. The molecule has 0 aliphatic heterocycles. The summed E-state index contributed by atoms with van der Waals surface area (Å²) in [6, 6.07) is 0.306. The monoisotopic (exact) mass is 182 g/mol. The average Bonchev–Trinajstić information content (AvgIpc) is 2.57. The van der Waals surface area contributed by atoms with Crippen molar-refractivity contribution in [1.29, 1.82) is 0 Å². The number of rotatable bonds is 3. The normalized spacial score (nSPS) is 17.8. The van der Waals surface area contributed by atoms with Crippen molar-refractivity contribution in [2.45, 2.75) is 38.3 Å². The second-order valence-corrected chi connectivity index (χ2v) is 3.99. The van der Waals surface area contributed by atoms with E-state index in [1.54, 1.807) is 7.05 Å². The van der Waals surface area contributed by atoms with Crippen molar-refractivity contribution in [3.63, 3.8) is 0 Å². The van der Waals surface area contributed by atoms with Crippen LogP contribution in [-0.2, 0) is 4.79 Å². The predicted octanol–water partition coefficient (Wildman–Crippen LogP) is 0.819. The van der Waals surface area contributed by atoms with Crippen LogP contribution >= 0.6 is 0 Å². The molecule has 0 aromatic carbocycles. The molecule has 0 heterocycles.